The van der Waals surface area contributed by atoms with Gasteiger partial charge in [0.25, 0.3) is 0 Å². The van der Waals surface area contributed by atoms with Gasteiger partial charge in [-0.25, -0.2) is 4.98 Å². The molecule has 1 amide bonds. The first kappa shape index (κ1) is 14.5. The molecule has 1 aromatic rings. The first-order chi connectivity index (χ1) is 8.81. The molecule has 4 nitrogen and oxygen atoms in total. The van der Waals surface area contributed by atoms with Crippen LogP contribution in [0.15, 0.2) is 5.38 Å². The van der Waals surface area contributed by atoms with E-state index in [1.165, 1.54) is 0 Å². The van der Waals surface area contributed by atoms with E-state index in [1.807, 2.05) is 0 Å². The number of amides is 1. The van der Waals surface area contributed by atoms with Crippen molar-refractivity contribution in [1.29, 1.82) is 0 Å². The van der Waals surface area contributed by atoms with Crippen molar-refractivity contribution in [2.24, 2.45) is 5.73 Å². The maximum atomic E-state index is 12.1. The molecular formula is C14H23N3OS. The molecule has 1 aliphatic carbocycles. The normalized spacial score (nSPS) is 18.5. The summed E-state index contributed by atoms with van der Waals surface area (Å²) in [7, 11) is 0. The fourth-order valence-electron chi connectivity index (χ4n) is 2.30. The van der Waals surface area contributed by atoms with Gasteiger partial charge in [0.15, 0.2) is 0 Å². The Morgan fingerprint density at radius 3 is 2.63 bits per heavy atom. The SMILES string of the molecule is CC(C)(C)c1csc(CNC(=O)C2(N)CCCC2)n1. The highest BCUT2D eigenvalue weighted by molar-refractivity contribution is 7.09. The van der Waals surface area contributed by atoms with Gasteiger partial charge in [-0.05, 0) is 12.8 Å². The smallest absolute Gasteiger partial charge is 0.240 e. The summed E-state index contributed by atoms with van der Waals surface area (Å²) < 4.78 is 0. The number of hydrogen-bond donors (Lipinski definition) is 2. The van der Waals surface area contributed by atoms with E-state index in [0.29, 0.717) is 6.54 Å². The number of hydrogen-bond acceptors (Lipinski definition) is 4. The zero-order valence-electron chi connectivity index (χ0n) is 12.0. The summed E-state index contributed by atoms with van der Waals surface area (Å²) in [6.07, 6.45) is 3.69. The van der Waals surface area contributed by atoms with Crippen LogP contribution in [0.5, 0.6) is 0 Å². The summed E-state index contributed by atoms with van der Waals surface area (Å²) >= 11 is 1.59. The van der Waals surface area contributed by atoms with Gasteiger partial charge in [-0.15, -0.1) is 11.3 Å². The molecule has 1 aromatic heterocycles. The molecule has 0 aliphatic heterocycles. The molecule has 1 heterocycles. The number of thiazole rings is 1. The van der Waals surface area contributed by atoms with Crippen molar-refractivity contribution in [1.82, 2.24) is 10.3 Å². The van der Waals surface area contributed by atoms with Crippen LogP contribution in [0.4, 0.5) is 0 Å². The lowest BCUT2D eigenvalue weighted by Gasteiger charge is -2.21. The van der Waals surface area contributed by atoms with Gasteiger partial charge in [0.05, 0.1) is 17.8 Å². The van der Waals surface area contributed by atoms with Crippen molar-refractivity contribution in [2.45, 2.75) is 64.0 Å². The highest BCUT2D eigenvalue weighted by atomic mass is 32.1. The van der Waals surface area contributed by atoms with Crippen LogP contribution in [0.2, 0.25) is 0 Å². The fraction of sp³-hybridized carbons (Fsp3) is 0.714. The van der Waals surface area contributed by atoms with E-state index in [1.54, 1.807) is 11.3 Å². The lowest BCUT2D eigenvalue weighted by atomic mass is 9.93. The van der Waals surface area contributed by atoms with Crippen molar-refractivity contribution in [3.8, 4) is 0 Å². The minimum Gasteiger partial charge on any atom is -0.348 e. The van der Waals surface area contributed by atoms with Gasteiger partial charge >= 0.3 is 0 Å². The summed E-state index contributed by atoms with van der Waals surface area (Å²) in [5, 5.41) is 5.94. The summed E-state index contributed by atoms with van der Waals surface area (Å²) in [6.45, 7) is 6.89. The van der Waals surface area contributed by atoms with Crippen LogP contribution in [0.3, 0.4) is 0 Å². The van der Waals surface area contributed by atoms with Crippen molar-refractivity contribution >= 4 is 17.2 Å². The van der Waals surface area contributed by atoms with Gasteiger partial charge in [0, 0.05) is 10.8 Å². The molecule has 0 atom stereocenters. The van der Waals surface area contributed by atoms with Crippen LogP contribution in [-0.4, -0.2) is 16.4 Å². The molecule has 0 unspecified atom stereocenters. The Bertz CT molecular complexity index is 456. The van der Waals surface area contributed by atoms with Gasteiger partial charge < -0.3 is 11.1 Å². The fourth-order valence-corrected chi connectivity index (χ4v) is 3.26. The summed E-state index contributed by atoms with van der Waals surface area (Å²) in [5.41, 5.74) is 6.59. The monoisotopic (exact) mass is 281 g/mol. The first-order valence-electron chi connectivity index (χ1n) is 6.83. The van der Waals surface area contributed by atoms with Crippen molar-refractivity contribution in [3.05, 3.63) is 16.1 Å². The summed E-state index contributed by atoms with van der Waals surface area (Å²) in [6, 6.07) is 0. The second kappa shape index (κ2) is 5.21. The molecule has 106 valence electrons. The molecule has 1 saturated carbocycles. The Morgan fingerprint density at radius 2 is 2.11 bits per heavy atom. The second-order valence-corrected chi connectivity index (χ2v) is 7.37. The first-order valence-corrected chi connectivity index (χ1v) is 7.71. The third-order valence-electron chi connectivity index (χ3n) is 3.67. The van der Waals surface area contributed by atoms with E-state index in [0.717, 1.165) is 36.4 Å². The molecule has 1 fully saturated rings. The van der Waals surface area contributed by atoms with Crippen LogP contribution in [-0.2, 0) is 16.8 Å². The predicted molar refractivity (Wildman–Crippen MR) is 78.0 cm³/mol. The number of nitrogens with zero attached hydrogens (tertiary/aromatic N) is 1. The zero-order valence-corrected chi connectivity index (χ0v) is 12.8. The zero-order chi connectivity index (χ0) is 14.1. The van der Waals surface area contributed by atoms with E-state index < -0.39 is 5.54 Å². The number of rotatable bonds is 3. The Morgan fingerprint density at radius 1 is 1.47 bits per heavy atom. The molecule has 0 bridgehead atoms. The summed E-state index contributed by atoms with van der Waals surface area (Å²) in [5.74, 6) is -0.0301. The van der Waals surface area contributed by atoms with E-state index in [-0.39, 0.29) is 11.3 Å². The lowest BCUT2D eigenvalue weighted by molar-refractivity contribution is -0.126. The molecule has 0 saturated heterocycles. The number of carbonyl (C=O) groups excluding carboxylic acids is 1. The number of nitrogens with one attached hydrogen (secondary N) is 1. The van der Waals surface area contributed by atoms with Crippen LogP contribution in [0.25, 0.3) is 0 Å². The quantitative estimate of drug-likeness (QED) is 0.893. The van der Waals surface area contributed by atoms with Crippen LogP contribution in [0, 0.1) is 0 Å². The predicted octanol–water partition coefficient (Wildman–Crippen LogP) is 2.33. The number of nitrogens with two attached hydrogens (primary N) is 1. The van der Waals surface area contributed by atoms with Gasteiger partial charge in [0.2, 0.25) is 5.91 Å². The lowest BCUT2D eigenvalue weighted by Crippen LogP contribution is -2.51. The average molecular weight is 281 g/mol. The standard InChI is InChI=1S/C14H23N3OS/c1-13(2,3)10-9-19-11(17-10)8-16-12(18)14(15)6-4-5-7-14/h9H,4-8,15H2,1-3H3,(H,16,18). The number of carbonyl (C=O) groups is 1. The van der Waals surface area contributed by atoms with Gasteiger partial charge in [0.1, 0.15) is 5.01 Å². The molecule has 0 spiro atoms. The largest absolute Gasteiger partial charge is 0.348 e. The minimum absolute atomic E-state index is 0.0301. The molecule has 3 N–H and O–H groups in total. The Kier molecular flexibility index (Phi) is 3.97. The average Bonchev–Trinajstić information content (AvgIpc) is 2.94. The van der Waals surface area contributed by atoms with E-state index in [2.05, 4.69) is 36.5 Å². The molecular weight excluding hydrogens is 258 g/mol. The highest BCUT2D eigenvalue weighted by Crippen LogP contribution is 2.27. The van der Waals surface area contributed by atoms with Crippen LogP contribution < -0.4 is 11.1 Å². The maximum Gasteiger partial charge on any atom is 0.240 e. The topological polar surface area (TPSA) is 68.0 Å². The Labute approximate surface area is 118 Å². The van der Waals surface area contributed by atoms with E-state index in [9.17, 15) is 4.79 Å². The summed E-state index contributed by atoms with van der Waals surface area (Å²) in [4.78, 5) is 16.7. The van der Waals surface area contributed by atoms with Crippen molar-refractivity contribution < 1.29 is 4.79 Å². The van der Waals surface area contributed by atoms with Gasteiger partial charge in [-0.2, -0.15) is 0 Å². The van der Waals surface area contributed by atoms with Gasteiger partial charge in [-0.3, -0.25) is 4.79 Å². The van der Waals surface area contributed by atoms with E-state index in [4.69, 9.17) is 5.73 Å². The van der Waals surface area contributed by atoms with Crippen LogP contribution >= 0.6 is 11.3 Å². The Hall–Kier alpha value is -0.940. The third kappa shape index (κ3) is 3.34. The maximum absolute atomic E-state index is 12.1. The Balaban J connectivity index is 1.92. The molecule has 2 rings (SSSR count). The van der Waals surface area contributed by atoms with E-state index >= 15 is 0 Å². The molecule has 1 aliphatic rings. The highest BCUT2D eigenvalue weighted by Gasteiger charge is 2.36. The van der Waals surface area contributed by atoms with Crippen molar-refractivity contribution in [2.75, 3.05) is 0 Å². The molecule has 0 aromatic carbocycles. The molecule has 0 radical (unpaired) electrons. The minimum atomic E-state index is -0.649. The third-order valence-corrected chi connectivity index (χ3v) is 4.52. The van der Waals surface area contributed by atoms with Crippen molar-refractivity contribution in [3.63, 3.8) is 0 Å². The molecule has 19 heavy (non-hydrogen) atoms. The van der Waals surface area contributed by atoms with Crippen LogP contribution in [0.1, 0.15) is 57.2 Å². The van der Waals surface area contributed by atoms with Gasteiger partial charge in [-0.1, -0.05) is 33.6 Å². The number of aromatic nitrogens is 1. The molecule has 5 heteroatoms. The second-order valence-electron chi connectivity index (χ2n) is 6.42.